The molecule has 0 aromatic heterocycles. The lowest BCUT2D eigenvalue weighted by atomic mass is 9.89. The fraction of sp³-hybridized carbons (Fsp3) is 0.800. The second kappa shape index (κ2) is 10.8. The van der Waals surface area contributed by atoms with Crippen molar-refractivity contribution in [3.63, 3.8) is 0 Å². The second-order valence-corrected chi connectivity index (χ2v) is 10.2. The number of carbonyl (C=O) groups is 2. The SMILES string of the molecule is CCOC(=O)CC1=C(Br)SC(NC(=O)N(C2CCCCC2)C2CCCCC2)N1. The summed E-state index contributed by atoms with van der Waals surface area (Å²) in [5.41, 5.74) is 0.511. The first-order chi connectivity index (χ1) is 13.6. The Balaban J connectivity index is 1.59. The van der Waals surface area contributed by atoms with Gasteiger partial charge >= 0.3 is 12.0 Å². The van der Waals surface area contributed by atoms with Gasteiger partial charge in [-0.15, -0.1) is 0 Å². The Bertz CT molecular complexity index is 571. The number of amides is 2. The van der Waals surface area contributed by atoms with E-state index < -0.39 is 0 Å². The smallest absolute Gasteiger partial charge is 0.320 e. The molecule has 28 heavy (non-hydrogen) atoms. The van der Waals surface area contributed by atoms with E-state index in [0.717, 1.165) is 35.2 Å². The van der Waals surface area contributed by atoms with E-state index in [2.05, 4.69) is 31.5 Å². The van der Waals surface area contributed by atoms with Gasteiger partial charge in [-0.1, -0.05) is 50.3 Å². The Labute approximate surface area is 180 Å². The maximum Gasteiger partial charge on any atom is 0.320 e. The first kappa shape index (κ1) is 21.8. The van der Waals surface area contributed by atoms with Crippen LogP contribution in [0.25, 0.3) is 0 Å². The zero-order chi connectivity index (χ0) is 19.9. The summed E-state index contributed by atoms with van der Waals surface area (Å²) in [7, 11) is 0. The van der Waals surface area contributed by atoms with E-state index in [-0.39, 0.29) is 23.9 Å². The third-order valence-electron chi connectivity index (χ3n) is 5.82. The summed E-state index contributed by atoms with van der Waals surface area (Å²) >= 11 is 5.00. The van der Waals surface area contributed by atoms with Crippen LogP contribution in [-0.4, -0.2) is 41.1 Å². The molecule has 0 spiro atoms. The van der Waals surface area contributed by atoms with Crippen LogP contribution in [0.15, 0.2) is 9.51 Å². The van der Waals surface area contributed by atoms with Gasteiger partial charge in [0.2, 0.25) is 0 Å². The number of urea groups is 1. The van der Waals surface area contributed by atoms with E-state index in [4.69, 9.17) is 4.74 Å². The maximum atomic E-state index is 13.3. The summed E-state index contributed by atoms with van der Waals surface area (Å²) in [6, 6.07) is 0.749. The molecule has 2 N–H and O–H groups in total. The third kappa shape index (κ3) is 5.81. The summed E-state index contributed by atoms with van der Waals surface area (Å²) < 4.78 is 5.88. The molecule has 2 amide bonds. The molecule has 0 saturated heterocycles. The largest absolute Gasteiger partial charge is 0.466 e. The third-order valence-corrected chi connectivity index (χ3v) is 7.78. The molecule has 3 aliphatic rings. The van der Waals surface area contributed by atoms with Crippen LogP contribution in [0.3, 0.4) is 0 Å². The van der Waals surface area contributed by atoms with Crippen LogP contribution in [0.1, 0.15) is 77.6 Å². The van der Waals surface area contributed by atoms with Crippen molar-refractivity contribution >= 4 is 39.7 Å². The topological polar surface area (TPSA) is 70.7 Å². The van der Waals surface area contributed by atoms with E-state index in [0.29, 0.717) is 18.7 Å². The summed E-state index contributed by atoms with van der Waals surface area (Å²) in [6.45, 7) is 2.17. The average molecular weight is 474 g/mol. The number of carbonyl (C=O) groups excluding carboxylic acids is 2. The molecule has 2 aliphatic carbocycles. The average Bonchev–Trinajstić information content (AvgIpc) is 3.02. The molecule has 0 aromatic carbocycles. The van der Waals surface area contributed by atoms with Crippen molar-refractivity contribution in [3.05, 3.63) is 9.51 Å². The highest BCUT2D eigenvalue weighted by molar-refractivity contribution is 9.14. The highest BCUT2D eigenvalue weighted by Gasteiger charge is 2.35. The fourth-order valence-electron chi connectivity index (χ4n) is 4.50. The van der Waals surface area contributed by atoms with Gasteiger partial charge < -0.3 is 20.3 Å². The molecule has 0 bridgehead atoms. The monoisotopic (exact) mass is 473 g/mol. The zero-order valence-electron chi connectivity index (χ0n) is 16.7. The summed E-state index contributed by atoms with van der Waals surface area (Å²) in [5, 5.41) is 6.41. The fourth-order valence-corrected chi connectivity index (χ4v) is 6.15. The van der Waals surface area contributed by atoms with Gasteiger partial charge in [0.15, 0.2) is 5.50 Å². The molecular formula is C20H32BrN3O3S. The predicted octanol–water partition coefficient (Wildman–Crippen LogP) is 4.80. The molecule has 3 rings (SSSR count). The first-order valence-electron chi connectivity index (χ1n) is 10.6. The molecule has 6 nitrogen and oxygen atoms in total. The molecule has 8 heteroatoms. The number of nitrogens with one attached hydrogen (secondary N) is 2. The number of halogens is 1. The summed E-state index contributed by atoms with van der Waals surface area (Å²) in [5.74, 6) is -0.263. The predicted molar refractivity (Wildman–Crippen MR) is 116 cm³/mol. The Morgan fingerprint density at radius 1 is 1.11 bits per heavy atom. The standard InChI is InChI=1S/C20H32BrN3O3S/c1-2-27-17(25)13-16-18(21)28-19(22-16)23-20(26)24(14-9-5-3-6-10-14)15-11-7-4-8-12-15/h14-15,19,22H,2-13H2,1H3,(H,23,26). The number of ether oxygens (including phenoxy) is 1. The van der Waals surface area contributed by atoms with Gasteiger partial charge in [0, 0.05) is 17.8 Å². The van der Waals surface area contributed by atoms with Crippen molar-refractivity contribution in [2.24, 2.45) is 0 Å². The Morgan fingerprint density at radius 2 is 1.68 bits per heavy atom. The lowest BCUT2D eigenvalue weighted by molar-refractivity contribution is -0.142. The molecular weight excluding hydrogens is 442 g/mol. The zero-order valence-corrected chi connectivity index (χ0v) is 19.1. The molecule has 0 aromatic rings. The van der Waals surface area contributed by atoms with Crippen LogP contribution in [-0.2, 0) is 9.53 Å². The molecule has 2 saturated carbocycles. The van der Waals surface area contributed by atoms with Crippen molar-refractivity contribution in [3.8, 4) is 0 Å². The van der Waals surface area contributed by atoms with Gasteiger partial charge in [0.25, 0.3) is 0 Å². The molecule has 1 heterocycles. The highest BCUT2D eigenvalue weighted by atomic mass is 79.9. The van der Waals surface area contributed by atoms with Crippen LogP contribution in [0.5, 0.6) is 0 Å². The van der Waals surface area contributed by atoms with Gasteiger partial charge in [-0.25, -0.2) is 4.79 Å². The molecule has 158 valence electrons. The van der Waals surface area contributed by atoms with Crippen molar-refractivity contribution in [2.75, 3.05) is 6.61 Å². The van der Waals surface area contributed by atoms with Crippen molar-refractivity contribution < 1.29 is 14.3 Å². The molecule has 1 unspecified atom stereocenters. The molecule has 1 aliphatic heterocycles. The minimum absolute atomic E-state index is 0.0292. The molecule has 2 fully saturated rings. The lowest BCUT2D eigenvalue weighted by Crippen LogP contribution is -2.55. The number of nitrogens with zero attached hydrogens (tertiary/aromatic N) is 1. The summed E-state index contributed by atoms with van der Waals surface area (Å²) in [6.07, 6.45) is 12.1. The van der Waals surface area contributed by atoms with E-state index >= 15 is 0 Å². The Hall–Kier alpha value is -0.890. The van der Waals surface area contributed by atoms with Crippen molar-refractivity contribution in [1.29, 1.82) is 0 Å². The number of rotatable bonds is 6. The number of hydrogen-bond donors (Lipinski definition) is 2. The normalized spacial score (nSPS) is 24.0. The van der Waals surface area contributed by atoms with E-state index in [1.807, 2.05) is 0 Å². The Kier molecular flexibility index (Phi) is 8.38. The quantitative estimate of drug-likeness (QED) is 0.542. The summed E-state index contributed by atoms with van der Waals surface area (Å²) in [4.78, 5) is 27.2. The Morgan fingerprint density at radius 3 is 2.21 bits per heavy atom. The van der Waals surface area contributed by atoms with Crippen LogP contribution in [0.2, 0.25) is 0 Å². The van der Waals surface area contributed by atoms with Gasteiger partial charge in [-0.2, -0.15) is 0 Å². The maximum absolute atomic E-state index is 13.3. The van der Waals surface area contributed by atoms with Crippen molar-refractivity contribution in [2.45, 2.75) is 95.1 Å². The first-order valence-corrected chi connectivity index (χ1v) is 12.3. The van der Waals surface area contributed by atoms with Crippen LogP contribution in [0.4, 0.5) is 4.79 Å². The van der Waals surface area contributed by atoms with Gasteiger partial charge in [0.1, 0.15) is 0 Å². The van der Waals surface area contributed by atoms with Crippen LogP contribution in [0, 0.1) is 0 Å². The van der Waals surface area contributed by atoms with Crippen molar-refractivity contribution in [1.82, 2.24) is 15.5 Å². The van der Waals surface area contributed by atoms with Crippen LogP contribution >= 0.6 is 27.7 Å². The second-order valence-electron chi connectivity index (χ2n) is 7.82. The molecule has 1 atom stereocenters. The van der Waals surface area contributed by atoms with Crippen LogP contribution < -0.4 is 10.6 Å². The lowest BCUT2D eigenvalue weighted by Gasteiger charge is -2.42. The number of hydrogen-bond acceptors (Lipinski definition) is 5. The van der Waals surface area contributed by atoms with Gasteiger partial charge in [-0.05, 0) is 48.5 Å². The van der Waals surface area contributed by atoms with E-state index in [1.54, 1.807) is 6.92 Å². The molecule has 0 radical (unpaired) electrons. The highest BCUT2D eigenvalue weighted by Crippen LogP contribution is 2.36. The van der Waals surface area contributed by atoms with Gasteiger partial charge in [-0.3, -0.25) is 4.79 Å². The minimum atomic E-state index is -0.263. The van der Waals surface area contributed by atoms with E-state index in [1.165, 1.54) is 50.3 Å². The van der Waals surface area contributed by atoms with E-state index in [9.17, 15) is 9.59 Å². The van der Waals surface area contributed by atoms with Gasteiger partial charge in [0.05, 0.1) is 16.8 Å². The number of thioether (sulfide) groups is 1. The number of esters is 1. The minimum Gasteiger partial charge on any atom is -0.466 e.